The number of rotatable bonds is 7. The molecule has 2 aromatic rings. The first-order valence-electron chi connectivity index (χ1n) is 10.6. The molecule has 5 atom stereocenters. The molecule has 8 N–H and O–H groups in total. The lowest BCUT2D eigenvalue weighted by Crippen LogP contribution is -2.64. The van der Waals surface area contributed by atoms with Crippen molar-refractivity contribution in [1.29, 1.82) is 0 Å². The van der Waals surface area contributed by atoms with Crippen LogP contribution in [0.15, 0.2) is 42.5 Å². The minimum atomic E-state index is -2.26. The number of nitrogens with two attached hydrogens (primary N) is 1. The molecule has 1 fully saturated rings. The van der Waals surface area contributed by atoms with Crippen LogP contribution in [0.25, 0.3) is 0 Å². The Morgan fingerprint density at radius 2 is 1.80 bits per heavy atom. The normalized spacial score (nSPS) is 24.9. The molecule has 3 amide bonds. The molecule has 1 aliphatic carbocycles. The number of carbonyl (C=O) groups excluding carboxylic acids is 3. The lowest BCUT2D eigenvalue weighted by atomic mass is 9.77. The van der Waals surface area contributed by atoms with Crippen molar-refractivity contribution in [3.05, 3.63) is 64.4 Å². The molecule has 0 radical (unpaired) electrons. The number of carbonyl (C=O) groups is 3. The van der Waals surface area contributed by atoms with E-state index in [1.165, 1.54) is 24.3 Å². The second kappa shape index (κ2) is 10.6. The van der Waals surface area contributed by atoms with Crippen molar-refractivity contribution in [3.8, 4) is 5.75 Å². The number of phenols is 1. The Hall–Kier alpha value is -3.25. The van der Waals surface area contributed by atoms with E-state index in [0.29, 0.717) is 5.56 Å². The number of halogens is 2. The summed E-state index contributed by atoms with van der Waals surface area (Å²) in [7, 11) is 0. The van der Waals surface area contributed by atoms with E-state index in [-0.39, 0.29) is 22.8 Å². The van der Waals surface area contributed by atoms with Crippen molar-refractivity contribution in [2.24, 2.45) is 5.73 Å². The summed E-state index contributed by atoms with van der Waals surface area (Å²) in [6.45, 7) is 0. The summed E-state index contributed by atoms with van der Waals surface area (Å²) in [4.78, 5) is 37.4. The van der Waals surface area contributed by atoms with Gasteiger partial charge in [-0.2, -0.15) is 0 Å². The van der Waals surface area contributed by atoms with Crippen LogP contribution in [0.5, 0.6) is 5.75 Å². The Labute approximate surface area is 204 Å². The Morgan fingerprint density at radius 1 is 1.14 bits per heavy atom. The largest absolute Gasteiger partial charge is 0.508 e. The number of aliphatic hydroxyl groups excluding tert-OH is 2. The third-order valence-corrected chi connectivity index (χ3v) is 6.15. The summed E-state index contributed by atoms with van der Waals surface area (Å²) in [6.07, 6.45) is -4.21. The van der Waals surface area contributed by atoms with Crippen LogP contribution < -0.4 is 16.4 Å². The monoisotopic (exact) mass is 509 g/mol. The highest BCUT2D eigenvalue weighted by molar-refractivity contribution is 6.31. The van der Waals surface area contributed by atoms with Gasteiger partial charge in [-0.05, 0) is 35.9 Å². The fraction of sp³-hybridized carbons (Fsp3) is 0.348. The maximum atomic E-state index is 13.4. The number of benzene rings is 2. The molecule has 1 aliphatic rings. The average Bonchev–Trinajstić information content (AvgIpc) is 2.79. The van der Waals surface area contributed by atoms with Gasteiger partial charge in [0.2, 0.25) is 5.91 Å². The molecule has 35 heavy (non-hydrogen) atoms. The van der Waals surface area contributed by atoms with Gasteiger partial charge in [0.1, 0.15) is 29.3 Å². The molecule has 0 bridgehead atoms. The molecule has 3 rings (SSSR count). The van der Waals surface area contributed by atoms with Crippen LogP contribution in [0.3, 0.4) is 0 Å². The van der Waals surface area contributed by atoms with E-state index in [4.69, 9.17) is 17.3 Å². The molecule has 0 heterocycles. The third-order valence-electron chi connectivity index (χ3n) is 5.86. The van der Waals surface area contributed by atoms with Crippen molar-refractivity contribution < 1.29 is 39.2 Å². The van der Waals surface area contributed by atoms with Gasteiger partial charge in [0.25, 0.3) is 11.8 Å². The predicted octanol–water partition coefficient (Wildman–Crippen LogP) is -0.257. The Morgan fingerprint density at radius 3 is 2.40 bits per heavy atom. The Bertz CT molecular complexity index is 1120. The predicted molar refractivity (Wildman–Crippen MR) is 122 cm³/mol. The summed E-state index contributed by atoms with van der Waals surface area (Å²) < 4.78 is 13.4. The fourth-order valence-electron chi connectivity index (χ4n) is 3.90. The topological polar surface area (TPSA) is 182 Å². The second-order valence-corrected chi connectivity index (χ2v) is 8.91. The van der Waals surface area contributed by atoms with Gasteiger partial charge in [0.05, 0.1) is 17.2 Å². The van der Waals surface area contributed by atoms with Crippen molar-refractivity contribution in [2.45, 2.75) is 49.2 Å². The van der Waals surface area contributed by atoms with Crippen LogP contribution in [0.1, 0.15) is 28.8 Å². The third kappa shape index (κ3) is 6.25. The maximum Gasteiger partial charge on any atom is 0.252 e. The molecule has 0 saturated heterocycles. The van der Waals surface area contributed by atoms with E-state index >= 15 is 0 Å². The second-order valence-electron chi connectivity index (χ2n) is 8.51. The summed E-state index contributed by atoms with van der Waals surface area (Å²) in [6, 6.07) is 6.54. The minimum absolute atomic E-state index is 0.00784. The summed E-state index contributed by atoms with van der Waals surface area (Å²) >= 11 is 5.69. The number of amides is 3. The van der Waals surface area contributed by atoms with E-state index in [1.54, 1.807) is 0 Å². The van der Waals surface area contributed by atoms with E-state index in [0.717, 1.165) is 18.2 Å². The average molecular weight is 510 g/mol. The van der Waals surface area contributed by atoms with Gasteiger partial charge < -0.3 is 36.8 Å². The molecular weight excluding hydrogens is 485 g/mol. The Kier molecular flexibility index (Phi) is 7.96. The minimum Gasteiger partial charge on any atom is -0.508 e. The van der Waals surface area contributed by atoms with Crippen LogP contribution >= 0.6 is 11.6 Å². The van der Waals surface area contributed by atoms with Crippen molar-refractivity contribution >= 4 is 29.3 Å². The first-order valence-corrected chi connectivity index (χ1v) is 11.0. The van der Waals surface area contributed by atoms with E-state index in [1.807, 2.05) is 0 Å². The zero-order valence-electron chi connectivity index (χ0n) is 18.3. The Balaban J connectivity index is 1.73. The molecule has 10 nitrogen and oxygen atoms in total. The van der Waals surface area contributed by atoms with Gasteiger partial charge in [-0.15, -0.1) is 0 Å². The van der Waals surface area contributed by atoms with Crippen LogP contribution in [-0.4, -0.2) is 68.0 Å². The van der Waals surface area contributed by atoms with E-state index in [9.17, 15) is 39.2 Å². The first kappa shape index (κ1) is 26.4. The molecule has 12 heteroatoms. The molecule has 188 valence electrons. The molecule has 0 unspecified atom stereocenters. The van der Waals surface area contributed by atoms with Crippen molar-refractivity contribution in [2.75, 3.05) is 0 Å². The van der Waals surface area contributed by atoms with Gasteiger partial charge >= 0.3 is 0 Å². The number of hydrogen-bond donors (Lipinski definition) is 7. The van der Waals surface area contributed by atoms with Gasteiger partial charge in [-0.1, -0.05) is 23.7 Å². The van der Waals surface area contributed by atoms with Crippen LogP contribution in [0, 0.1) is 5.82 Å². The zero-order chi connectivity index (χ0) is 25.9. The maximum absolute atomic E-state index is 13.4. The van der Waals surface area contributed by atoms with Crippen LogP contribution in [-0.2, 0) is 16.0 Å². The SMILES string of the molecule is NC(=O)[C@H](Cc1ccc(O)cc1)NC(=O)[C@@]1(O)C[C@@H](O)[C@H](O)[C@@H](NC(=O)c2ccc(F)c(Cl)c2)C1. The number of primary amides is 1. The molecule has 2 aromatic carbocycles. The highest BCUT2D eigenvalue weighted by Gasteiger charge is 2.49. The number of nitrogens with one attached hydrogen (secondary N) is 2. The summed E-state index contributed by atoms with van der Waals surface area (Å²) in [5, 5.41) is 45.5. The molecule has 0 aliphatic heterocycles. The number of aliphatic hydroxyl groups is 3. The standard InChI is InChI=1S/C23H25ClFN3O7/c24-14-8-12(3-6-15(14)25)21(33)27-17-9-23(35,10-18(30)19(17)31)22(34)28-16(20(26)32)7-11-1-4-13(29)5-2-11/h1-6,8,16-19,29-31,35H,7,9-10H2,(H2,26,32)(H,27,33)(H,28,34)/t16-,17-,18+,19+,23-/m0/s1. The van der Waals surface area contributed by atoms with Gasteiger partial charge in [-0.25, -0.2) is 4.39 Å². The van der Waals surface area contributed by atoms with Crippen molar-refractivity contribution in [3.63, 3.8) is 0 Å². The molecular formula is C23H25ClFN3O7. The quantitative estimate of drug-likeness (QED) is 0.268. The zero-order valence-corrected chi connectivity index (χ0v) is 19.1. The number of phenolic OH excluding ortho intramolecular Hbond substituents is 1. The van der Waals surface area contributed by atoms with Gasteiger partial charge in [0, 0.05) is 24.8 Å². The van der Waals surface area contributed by atoms with Gasteiger partial charge in [-0.3, -0.25) is 14.4 Å². The number of aromatic hydroxyl groups is 1. The van der Waals surface area contributed by atoms with Gasteiger partial charge in [0.15, 0.2) is 0 Å². The van der Waals surface area contributed by atoms with Crippen LogP contribution in [0.2, 0.25) is 5.02 Å². The van der Waals surface area contributed by atoms with E-state index < -0.39 is 66.3 Å². The molecule has 0 aromatic heterocycles. The molecule has 0 spiro atoms. The highest BCUT2D eigenvalue weighted by atomic mass is 35.5. The fourth-order valence-corrected chi connectivity index (χ4v) is 4.08. The van der Waals surface area contributed by atoms with E-state index in [2.05, 4.69) is 10.6 Å². The molecule has 1 saturated carbocycles. The lowest BCUT2D eigenvalue weighted by Gasteiger charge is -2.41. The lowest BCUT2D eigenvalue weighted by molar-refractivity contribution is -0.159. The number of hydrogen-bond acceptors (Lipinski definition) is 7. The van der Waals surface area contributed by atoms with Crippen LogP contribution in [0.4, 0.5) is 4.39 Å². The van der Waals surface area contributed by atoms with Crippen molar-refractivity contribution in [1.82, 2.24) is 10.6 Å². The summed E-state index contributed by atoms with van der Waals surface area (Å²) in [5.74, 6) is -3.43. The highest BCUT2D eigenvalue weighted by Crippen LogP contribution is 2.30. The first-order chi connectivity index (χ1) is 16.4. The summed E-state index contributed by atoms with van der Waals surface area (Å²) in [5.41, 5.74) is 3.66. The smallest absolute Gasteiger partial charge is 0.252 e.